The normalized spacial score (nSPS) is 16.6. The first-order valence-corrected chi connectivity index (χ1v) is 7.38. The van der Waals surface area contributed by atoms with Crippen LogP contribution in [0.3, 0.4) is 0 Å². The highest BCUT2D eigenvalue weighted by molar-refractivity contribution is 5.97. The quantitative estimate of drug-likeness (QED) is 0.805. The van der Waals surface area contributed by atoms with Gasteiger partial charge in [-0.15, -0.1) is 0 Å². The first-order valence-electron chi connectivity index (χ1n) is 7.38. The molecule has 1 aromatic rings. The lowest BCUT2D eigenvalue weighted by Gasteiger charge is -2.29. The molecule has 1 saturated heterocycles. The van der Waals surface area contributed by atoms with Crippen LogP contribution in [0.1, 0.15) is 30.1 Å². The average molecular weight is 290 g/mol. The zero-order valence-corrected chi connectivity index (χ0v) is 12.4. The van der Waals surface area contributed by atoms with Gasteiger partial charge in [0.05, 0.1) is 13.2 Å². The van der Waals surface area contributed by atoms with Crippen LogP contribution in [0.5, 0.6) is 5.75 Å². The third-order valence-electron chi connectivity index (χ3n) is 3.84. The molecule has 0 unspecified atom stereocenters. The summed E-state index contributed by atoms with van der Waals surface area (Å²) in [6.07, 6.45) is 1.48. The lowest BCUT2D eigenvalue weighted by atomic mass is 9.96. The van der Waals surface area contributed by atoms with Crippen molar-refractivity contribution in [2.45, 2.75) is 19.8 Å². The van der Waals surface area contributed by atoms with Gasteiger partial charge in [-0.3, -0.25) is 14.5 Å². The van der Waals surface area contributed by atoms with Crippen LogP contribution in [0.2, 0.25) is 0 Å². The van der Waals surface area contributed by atoms with Crippen molar-refractivity contribution in [1.82, 2.24) is 4.90 Å². The van der Waals surface area contributed by atoms with Crippen LogP contribution in [0, 0.1) is 5.92 Å². The summed E-state index contributed by atoms with van der Waals surface area (Å²) >= 11 is 0. The number of hydrogen-bond donors (Lipinski definition) is 1. The van der Waals surface area contributed by atoms with Gasteiger partial charge in [-0.1, -0.05) is 0 Å². The number of likely N-dealkylation sites (tertiary alicyclic amines) is 1. The van der Waals surface area contributed by atoms with Crippen molar-refractivity contribution in [2.24, 2.45) is 11.7 Å². The summed E-state index contributed by atoms with van der Waals surface area (Å²) in [7, 11) is 0. The second-order valence-electron chi connectivity index (χ2n) is 5.33. The van der Waals surface area contributed by atoms with Crippen molar-refractivity contribution >= 4 is 11.7 Å². The SMILES string of the molecule is CCOc1ccc(C(=O)CN2CCC(C(N)=O)CC2)cc1. The Hall–Kier alpha value is -1.88. The Morgan fingerprint density at radius 2 is 1.86 bits per heavy atom. The molecule has 5 heteroatoms. The molecule has 0 aromatic heterocycles. The monoisotopic (exact) mass is 290 g/mol. The molecular formula is C16H22N2O3. The summed E-state index contributed by atoms with van der Waals surface area (Å²) in [6, 6.07) is 7.22. The number of carbonyl (C=O) groups excluding carboxylic acids is 2. The summed E-state index contributed by atoms with van der Waals surface area (Å²) < 4.78 is 5.36. The number of Topliss-reactive ketones (excluding diaryl/α,β-unsaturated/α-hetero) is 1. The Labute approximate surface area is 125 Å². The highest BCUT2D eigenvalue weighted by Gasteiger charge is 2.24. The summed E-state index contributed by atoms with van der Waals surface area (Å²) in [5, 5.41) is 0. The van der Waals surface area contributed by atoms with Gasteiger partial charge in [0.25, 0.3) is 0 Å². The lowest BCUT2D eigenvalue weighted by molar-refractivity contribution is -0.123. The molecule has 2 N–H and O–H groups in total. The maximum atomic E-state index is 12.2. The number of ketones is 1. The predicted octanol–water partition coefficient (Wildman–Crippen LogP) is 1.47. The van der Waals surface area contributed by atoms with Gasteiger partial charge in [0.2, 0.25) is 5.91 Å². The smallest absolute Gasteiger partial charge is 0.220 e. The number of benzene rings is 1. The fourth-order valence-corrected chi connectivity index (χ4v) is 2.57. The molecule has 5 nitrogen and oxygen atoms in total. The standard InChI is InChI=1S/C16H22N2O3/c1-2-21-14-5-3-12(4-6-14)15(19)11-18-9-7-13(8-10-18)16(17)20/h3-6,13H,2,7-11H2,1H3,(H2,17,20). The number of hydrogen-bond acceptors (Lipinski definition) is 4. The van der Waals surface area contributed by atoms with Gasteiger partial charge in [-0.05, 0) is 57.1 Å². The van der Waals surface area contributed by atoms with Crippen molar-refractivity contribution in [1.29, 1.82) is 0 Å². The molecule has 1 aliphatic heterocycles. The van der Waals surface area contributed by atoms with Crippen molar-refractivity contribution in [2.75, 3.05) is 26.2 Å². The fourth-order valence-electron chi connectivity index (χ4n) is 2.57. The number of piperidine rings is 1. The number of amides is 1. The van der Waals surface area contributed by atoms with E-state index in [1.54, 1.807) is 12.1 Å². The molecule has 1 fully saturated rings. The Kier molecular flexibility index (Phi) is 5.33. The van der Waals surface area contributed by atoms with E-state index in [-0.39, 0.29) is 17.6 Å². The van der Waals surface area contributed by atoms with E-state index in [0.29, 0.717) is 18.7 Å². The predicted molar refractivity (Wildman–Crippen MR) is 80.3 cm³/mol. The Bertz CT molecular complexity index is 491. The van der Waals surface area contributed by atoms with Crippen molar-refractivity contribution in [3.63, 3.8) is 0 Å². The van der Waals surface area contributed by atoms with Crippen LogP contribution in [0.25, 0.3) is 0 Å². The van der Waals surface area contributed by atoms with Crippen molar-refractivity contribution < 1.29 is 14.3 Å². The lowest BCUT2D eigenvalue weighted by Crippen LogP contribution is -2.40. The van der Waals surface area contributed by atoms with Gasteiger partial charge in [0.1, 0.15) is 5.75 Å². The first-order chi connectivity index (χ1) is 10.1. The Morgan fingerprint density at radius 1 is 1.24 bits per heavy atom. The van der Waals surface area contributed by atoms with Gasteiger partial charge < -0.3 is 10.5 Å². The largest absolute Gasteiger partial charge is 0.494 e. The molecule has 0 spiro atoms. The summed E-state index contributed by atoms with van der Waals surface area (Å²) in [5.74, 6) is 0.598. The van der Waals surface area contributed by atoms with Crippen LogP contribution in [-0.2, 0) is 4.79 Å². The van der Waals surface area contributed by atoms with E-state index in [2.05, 4.69) is 4.90 Å². The molecule has 2 rings (SSSR count). The fraction of sp³-hybridized carbons (Fsp3) is 0.500. The first kappa shape index (κ1) is 15.5. The summed E-state index contributed by atoms with van der Waals surface area (Å²) in [4.78, 5) is 25.4. The molecule has 0 atom stereocenters. The molecule has 1 aliphatic rings. The third kappa shape index (κ3) is 4.29. The van der Waals surface area contributed by atoms with Gasteiger partial charge in [0, 0.05) is 11.5 Å². The van der Waals surface area contributed by atoms with Crippen LogP contribution in [0.15, 0.2) is 24.3 Å². The maximum absolute atomic E-state index is 12.2. The number of primary amides is 1. The van der Waals surface area contributed by atoms with Gasteiger partial charge >= 0.3 is 0 Å². The highest BCUT2D eigenvalue weighted by Crippen LogP contribution is 2.18. The van der Waals surface area contributed by atoms with Gasteiger partial charge in [0.15, 0.2) is 5.78 Å². The van der Waals surface area contributed by atoms with Crippen molar-refractivity contribution in [3.8, 4) is 5.75 Å². The molecular weight excluding hydrogens is 268 g/mol. The van der Waals surface area contributed by atoms with E-state index in [1.807, 2.05) is 19.1 Å². The number of nitrogens with two attached hydrogens (primary N) is 1. The minimum absolute atomic E-state index is 0.0400. The molecule has 114 valence electrons. The number of carbonyl (C=O) groups is 2. The van der Waals surface area contributed by atoms with Gasteiger partial charge in [-0.2, -0.15) is 0 Å². The highest BCUT2D eigenvalue weighted by atomic mass is 16.5. The topological polar surface area (TPSA) is 72.6 Å². The molecule has 0 aliphatic carbocycles. The molecule has 21 heavy (non-hydrogen) atoms. The maximum Gasteiger partial charge on any atom is 0.220 e. The third-order valence-corrected chi connectivity index (χ3v) is 3.84. The van der Waals surface area contributed by atoms with Crippen LogP contribution < -0.4 is 10.5 Å². The minimum Gasteiger partial charge on any atom is -0.494 e. The van der Waals surface area contributed by atoms with E-state index in [9.17, 15) is 9.59 Å². The Balaban J connectivity index is 1.86. The summed E-state index contributed by atoms with van der Waals surface area (Å²) in [5.41, 5.74) is 6.00. The van der Waals surface area contributed by atoms with E-state index in [0.717, 1.165) is 31.7 Å². The minimum atomic E-state index is -0.229. The van der Waals surface area contributed by atoms with E-state index < -0.39 is 0 Å². The second-order valence-corrected chi connectivity index (χ2v) is 5.33. The van der Waals surface area contributed by atoms with Crippen LogP contribution in [0.4, 0.5) is 0 Å². The van der Waals surface area contributed by atoms with E-state index >= 15 is 0 Å². The average Bonchev–Trinajstić information content (AvgIpc) is 2.49. The molecule has 1 aromatic carbocycles. The van der Waals surface area contributed by atoms with Crippen molar-refractivity contribution in [3.05, 3.63) is 29.8 Å². The molecule has 0 bridgehead atoms. The number of nitrogens with zero attached hydrogens (tertiary/aromatic N) is 1. The molecule has 0 saturated carbocycles. The number of rotatable bonds is 6. The Morgan fingerprint density at radius 3 is 2.38 bits per heavy atom. The van der Waals surface area contributed by atoms with Crippen LogP contribution >= 0.6 is 0 Å². The van der Waals surface area contributed by atoms with Gasteiger partial charge in [-0.25, -0.2) is 0 Å². The second kappa shape index (κ2) is 7.22. The molecule has 1 heterocycles. The zero-order chi connectivity index (χ0) is 15.2. The number of ether oxygens (including phenoxy) is 1. The molecule has 0 radical (unpaired) electrons. The van der Waals surface area contributed by atoms with Crippen LogP contribution in [-0.4, -0.2) is 42.8 Å². The summed E-state index contributed by atoms with van der Waals surface area (Å²) in [6.45, 7) is 4.42. The van der Waals surface area contributed by atoms with E-state index in [1.165, 1.54) is 0 Å². The zero-order valence-electron chi connectivity index (χ0n) is 12.4. The molecule has 1 amide bonds. The van der Waals surface area contributed by atoms with E-state index in [4.69, 9.17) is 10.5 Å².